The second-order valence-corrected chi connectivity index (χ2v) is 10.5. The molecule has 0 unspecified atom stereocenters. The van der Waals surface area contributed by atoms with Gasteiger partial charge >= 0.3 is 5.63 Å². The fourth-order valence-corrected chi connectivity index (χ4v) is 5.60. The molecule has 7 heteroatoms. The van der Waals surface area contributed by atoms with Gasteiger partial charge in [0.25, 0.3) is 0 Å². The fourth-order valence-electron chi connectivity index (χ4n) is 5.10. The van der Waals surface area contributed by atoms with E-state index in [0.29, 0.717) is 39.8 Å². The average Bonchev–Trinajstić information content (AvgIpc) is 3.15. The van der Waals surface area contributed by atoms with Gasteiger partial charge in [0.2, 0.25) is 0 Å². The smallest absolute Gasteiger partial charge is 0.344 e. The Kier molecular flexibility index (Phi) is 8.04. The van der Waals surface area contributed by atoms with Crippen LogP contribution in [0.1, 0.15) is 36.8 Å². The van der Waals surface area contributed by atoms with Crippen LogP contribution in [0.15, 0.2) is 69.9 Å². The number of hydrogen-bond donors (Lipinski definition) is 2. The Balaban J connectivity index is 1.41. The first-order valence-corrected chi connectivity index (χ1v) is 13.5. The molecule has 37 heavy (non-hydrogen) atoms. The average molecular weight is 539 g/mol. The van der Waals surface area contributed by atoms with Crippen molar-refractivity contribution in [3.05, 3.63) is 92.3 Å². The van der Waals surface area contributed by atoms with Crippen molar-refractivity contribution in [3.63, 3.8) is 0 Å². The topological polar surface area (TPSA) is 64.1 Å². The summed E-state index contributed by atoms with van der Waals surface area (Å²) in [4.78, 5) is 14.8. The van der Waals surface area contributed by atoms with Crippen molar-refractivity contribution in [1.82, 2.24) is 0 Å². The summed E-state index contributed by atoms with van der Waals surface area (Å²) in [6.45, 7) is 4.19. The van der Waals surface area contributed by atoms with Crippen LogP contribution in [0.3, 0.4) is 0 Å². The molecular weight excluding hydrogens is 509 g/mol. The van der Waals surface area contributed by atoms with Crippen LogP contribution in [0, 0.1) is 0 Å². The van der Waals surface area contributed by atoms with Crippen LogP contribution >= 0.6 is 23.2 Å². The highest BCUT2D eigenvalue weighted by Gasteiger charge is 2.20. The van der Waals surface area contributed by atoms with Crippen molar-refractivity contribution in [3.8, 4) is 22.6 Å². The maximum absolute atomic E-state index is 13.2. The lowest BCUT2D eigenvalue weighted by Crippen LogP contribution is -3.12. The Morgan fingerprint density at radius 3 is 2.41 bits per heavy atom. The van der Waals surface area contributed by atoms with Gasteiger partial charge in [-0.25, -0.2) is 4.79 Å². The van der Waals surface area contributed by atoms with E-state index >= 15 is 0 Å². The summed E-state index contributed by atoms with van der Waals surface area (Å²) in [6.07, 6.45) is 5.77. The number of halogens is 2. The first kappa shape index (κ1) is 25.7. The zero-order valence-electron chi connectivity index (χ0n) is 20.6. The summed E-state index contributed by atoms with van der Waals surface area (Å²) < 4.78 is 11.6. The van der Waals surface area contributed by atoms with Crippen molar-refractivity contribution >= 4 is 34.2 Å². The van der Waals surface area contributed by atoms with Crippen molar-refractivity contribution in [1.29, 1.82) is 0 Å². The molecule has 192 valence electrons. The Bertz CT molecular complexity index is 1440. The molecule has 1 fully saturated rings. The number of benzene rings is 3. The first-order chi connectivity index (χ1) is 18.0. The van der Waals surface area contributed by atoms with Gasteiger partial charge < -0.3 is 19.2 Å². The van der Waals surface area contributed by atoms with Crippen molar-refractivity contribution in [2.24, 2.45) is 0 Å². The lowest BCUT2D eigenvalue weighted by molar-refractivity contribution is -0.899. The number of nitrogens with one attached hydrogen (secondary N) is 1. The molecule has 2 heterocycles. The van der Waals surface area contributed by atoms with E-state index in [-0.39, 0.29) is 5.75 Å². The van der Waals surface area contributed by atoms with Crippen LogP contribution in [0.2, 0.25) is 10.0 Å². The van der Waals surface area contributed by atoms with Crippen molar-refractivity contribution < 1.29 is 19.2 Å². The van der Waals surface area contributed by atoms with E-state index in [4.69, 9.17) is 32.4 Å². The Hall–Kier alpha value is -2.99. The van der Waals surface area contributed by atoms with E-state index < -0.39 is 5.63 Å². The van der Waals surface area contributed by atoms with E-state index in [1.165, 1.54) is 44.8 Å². The second-order valence-electron chi connectivity index (χ2n) is 9.63. The summed E-state index contributed by atoms with van der Waals surface area (Å²) in [7, 11) is 0. The molecule has 0 radical (unpaired) electrons. The van der Waals surface area contributed by atoms with Gasteiger partial charge in [-0.2, -0.15) is 0 Å². The molecule has 0 atom stereocenters. The standard InChI is InChI=1S/C30H29Cl2NO4/c31-21-7-11-25(27(32)18-21)29-26(24-12-8-22(34)19-28(24)37-30(29)35)17-20-5-9-23(10-6-20)36-16-15-33-13-3-1-2-4-14-33/h5-12,18-19,34H,1-4,13-17H2/p+1. The summed E-state index contributed by atoms with van der Waals surface area (Å²) in [5.41, 5.74) is 2.53. The molecule has 0 spiro atoms. The van der Waals surface area contributed by atoms with Crippen LogP contribution < -0.4 is 15.3 Å². The summed E-state index contributed by atoms with van der Waals surface area (Å²) in [6, 6.07) is 17.8. The lowest BCUT2D eigenvalue weighted by Gasteiger charge is -2.17. The molecule has 1 aliphatic rings. The molecule has 1 aliphatic heterocycles. The fraction of sp³-hybridized carbons (Fsp3) is 0.300. The number of aromatic hydroxyl groups is 1. The number of likely N-dealkylation sites (tertiary alicyclic amines) is 1. The van der Waals surface area contributed by atoms with Gasteiger partial charge in [-0.1, -0.05) is 41.4 Å². The van der Waals surface area contributed by atoms with E-state index in [9.17, 15) is 9.90 Å². The van der Waals surface area contributed by atoms with Crippen molar-refractivity contribution in [2.45, 2.75) is 32.1 Å². The van der Waals surface area contributed by atoms with Gasteiger partial charge in [0.05, 0.1) is 23.7 Å². The molecule has 5 rings (SSSR count). The lowest BCUT2D eigenvalue weighted by atomic mass is 9.93. The quantitative estimate of drug-likeness (QED) is 0.287. The highest BCUT2D eigenvalue weighted by atomic mass is 35.5. The van der Waals surface area contributed by atoms with Gasteiger partial charge in [0, 0.05) is 22.0 Å². The SMILES string of the molecule is O=c1oc2cc(O)ccc2c(Cc2ccc(OCC[NH+]3CCCCCC3)cc2)c1-c1ccc(Cl)cc1Cl. The first-order valence-electron chi connectivity index (χ1n) is 12.8. The molecule has 1 aromatic heterocycles. The predicted molar refractivity (Wildman–Crippen MR) is 148 cm³/mol. The Labute approximate surface area is 226 Å². The monoisotopic (exact) mass is 538 g/mol. The van der Waals surface area contributed by atoms with Crippen LogP contribution in [-0.2, 0) is 6.42 Å². The van der Waals surface area contributed by atoms with Crippen LogP contribution in [-0.4, -0.2) is 31.3 Å². The zero-order valence-corrected chi connectivity index (χ0v) is 22.1. The van der Waals surface area contributed by atoms with Gasteiger partial charge in [-0.15, -0.1) is 0 Å². The van der Waals surface area contributed by atoms with E-state index in [2.05, 4.69) is 0 Å². The number of ether oxygens (including phenoxy) is 1. The molecule has 1 saturated heterocycles. The molecule has 2 N–H and O–H groups in total. The second kappa shape index (κ2) is 11.6. The molecule has 4 aromatic rings. The third-order valence-corrected chi connectivity index (χ3v) is 7.59. The predicted octanol–water partition coefficient (Wildman–Crippen LogP) is 5.90. The van der Waals surface area contributed by atoms with E-state index in [0.717, 1.165) is 28.8 Å². The zero-order chi connectivity index (χ0) is 25.8. The molecule has 0 aliphatic carbocycles. The Morgan fingerprint density at radius 1 is 0.919 bits per heavy atom. The highest BCUT2D eigenvalue weighted by molar-refractivity contribution is 6.36. The summed E-state index contributed by atoms with van der Waals surface area (Å²) >= 11 is 12.6. The minimum absolute atomic E-state index is 0.0300. The number of quaternary nitrogens is 1. The number of fused-ring (bicyclic) bond motifs is 1. The number of phenolic OH excluding ortho intramolecular Hbond substituents is 1. The van der Waals surface area contributed by atoms with Gasteiger partial charge in [-0.3, -0.25) is 0 Å². The Morgan fingerprint density at radius 2 is 1.68 bits per heavy atom. The van der Waals surface area contributed by atoms with Crippen LogP contribution in [0.5, 0.6) is 11.5 Å². The highest BCUT2D eigenvalue weighted by Crippen LogP contribution is 2.35. The maximum atomic E-state index is 13.2. The van der Waals surface area contributed by atoms with E-state index in [1.807, 2.05) is 24.3 Å². The summed E-state index contributed by atoms with van der Waals surface area (Å²) in [5, 5.41) is 11.5. The van der Waals surface area contributed by atoms with Crippen LogP contribution in [0.25, 0.3) is 22.1 Å². The molecular formula is C30H30Cl2NO4+. The minimum atomic E-state index is -0.520. The normalized spacial score (nSPS) is 14.5. The van der Waals surface area contributed by atoms with Crippen molar-refractivity contribution in [2.75, 3.05) is 26.2 Å². The van der Waals surface area contributed by atoms with Gasteiger partial charge in [0.1, 0.15) is 30.2 Å². The maximum Gasteiger partial charge on any atom is 0.344 e. The number of phenols is 1. The third-order valence-electron chi connectivity index (χ3n) is 7.04. The number of hydrogen-bond acceptors (Lipinski definition) is 4. The molecule has 0 saturated carbocycles. The molecule has 0 amide bonds. The largest absolute Gasteiger partial charge is 0.508 e. The molecule has 0 bridgehead atoms. The minimum Gasteiger partial charge on any atom is -0.508 e. The third kappa shape index (κ3) is 6.12. The molecule has 5 nitrogen and oxygen atoms in total. The molecule has 3 aromatic carbocycles. The van der Waals surface area contributed by atoms with Gasteiger partial charge in [-0.05, 0) is 79.6 Å². The summed E-state index contributed by atoms with van der Waals surface area (Å²) in [5.74, 6) is 0.865. The van der Waals surface area contributed by atoms with Gasteiger partial charge in [0.15, 0.2) is 0 Å². The van der Waals surface area contributed by atoms with Crippen LogP contribution in [0.4, 0.5) is 0 Å². The number of rotatable bonds is 7. The van der Waals surface area contributed by atoms with E-state index in [1.54, 1.807) is 35.2 Å².